The third kappa shape index (κ3) is 7.92. The molecule has 1 atom stereocenters. The minimum atomic E-state index is -1.50. The van der Waals surface area contributed by atoms with Crippen LogP contribution in [0.4, 0.5) is 0 Å². The molecule has 0 aromatic rings. The topological polar surface area (TPSA) is 19.9 Å². The summed E-state index contributed by atoms with van der Waals surface area (Å²) >= 11 is 0. The quantitative estimate of drug-likeness (QED) is 0.326. The third-order valence-corrected chi connectivity index (χ3v) is 2.44. The molecule has 9 heavy (non-hydrogen) atoms. The molecule has 0 heterocycles. The van der Waals surface area contributed by atoms with Crippen molar-refractivity contribution in [3.05, 3.63) is 12.2 Å². The summed E-state index contributed by atoms with van der Waals surface area (Å²) in [7, 11) is -1.50. The number of allylic oxidation sites excluding steroid dienone is 2. The molecule has 0 bridgehead atoms. The van der Waals surface area contributed by atoms with Gasteiger partial charge in [-0.05, 0) is 25.9 Å². The average molecular weight is 143 g/mol. The van der Waals surface area contributed by atoms with Gasteiger partial charge in [0.15, 0.2) is 0 Å². The molecule has 0 aromatic heterocycles. The lowest BCUT2D eigenvalue weighted by Crippen LogP contribution is -2.00. The standard InChI is InChI=1S/C7H15OSi/c1-3-4-5-6-7-9(2)8/h3-4,9H,5-7H2,1-2H3/b4-3+. The van der Waals surface area contributed by atoms with Gasteiger partial charge in [0.05, 0.1) is 0 Å². The molecule has 1 radical (unpaired) electrons. The normalized spacial score (nSPS) is 14.6. The lowest BCUT2D eigenvalue weighted by atomic mass is 10.3. The van der Waals surface area contributed by atoms with Crippen molar-refractivity contribution >= 4 is 9.04 Å². The molecule has 0 aliphatic heterocycles. The van der Waals surface area contributed by atoms with E-state index in [0.29, 0.717) is 0 Å². The second kappa shape index (κ2) is 6.04. The Balaban J connectivity index is 2.91. The van der Waals surface area contributed by atoms with Gasteiger partial charge >= 0.3 is 0 Å². The molecule has 0 saturated heterocycles. The van der Waals surface area contributed by atoms with Crippen LogP contribution >= 0.6 is 0 Å². The number of rotatable bonds is 4. The molecule has 53 valence electrons. The van der Waals surface area contributed by atoms with E-state index in [1.807, 2.05) is 19.5 Å². The smallest absolute Gasteiger partial charge is 0.219 e. The highest BCUT2D eigenvalue weighted by molar-refractivity contribution is 6.48. The van der Waals surface area contributed by atoms with Crippen LogP contribution in [-0.2, 0) is 4.80 Å². The first-order valence-corrected chi connectivity index (χ1v) is 5.98. The molecule has 0 amide bonds. The van der Waals surface area contributed by atoms with E-state index in [-0.39, 0.29) is 0 Å². The summed E-state index contributed by atoms with van der Waals surface area (Å²) in [6.07, 6.45) is 6.35. The molecule has 0 saturated carbocycles. The van der Waals surface area contributed by atoms with E-state index >= 15 is 0 Å². The molecule has 0 aliphatic rings. The maximum absolute atomic E-state index is 10.6. The molecule has 0 aromatic carbocycles. The fourth-order valence-corrected chi connectivity index (χ4v) is 1.50. The van der Waals surface area contributed by atoms with Gasteiger partial charge in [-0.1, -0.05) is 18.6 Å². The van der Waals surface area contributed by atoms with Crippen molar-refractivity contribution in [3.8, 4) is 0 Å². The fourth-order valence-electron chi connectivity index (χ4n) is 0.690. The van der Waals surface area contributed by atoms with Crippen molar-refractivity contribution in [1.29, 1.82) is 0 Å². The van der Waals surface area contributed by atoms with Crippen molar-refractivity contribution in [1.82, 2.24) is 0 Å². The number of hydrogen-bond acceptors (Lipinski definition) is 0. The van der Waals surface area contributed by atoms with Gasteiger partial charge in [-0.15, -0.1) is 0 Å². The zero-order valence-corrected chi connectivity index (χ0v) is 7.42. The van der Waals surface area contributed by atoms with Crippen molar-refractivity contribution in [2.24, 2.45) is 0 Å². The Labute approximate surface area is 59.1 Å². The average Bonchev–Trinajstić information content (AvgIpc) is 1.80. The van der Waals surface area contributed by atoms with Crippen LogP contribution in [0.2, 0.25) is 12.6 Å². The van der Waals surface area contributed by atoms with Crippen molar-refractivity contribution in [3.63, 3.8) is 0 Å². The molecule has 1 unspecified atom stereocenters. The monoisotopic (exact) mass is 143 g/mol. The first-order valence-electron chi connectivity index (χ1n) is 3.54. The van der Waals surface area contributed by atoms with Crippen LogP contribution in [0.3, 0.4) is 0 Å². The first kappa shape index (κ1) is 8.92. The van der Waals surface area contributed by atoms with Gasteiger partial charge in [0.25, 0.3) is 0 Å². The van der Waals surface area contributed by atoms with E-state index in [2.05, 4.69) is 6.08 Å². The summed E-state index contributed by atoms with van der Waals surface area (Å²) < 4.78 is 0. The first-order chi connectivity index (χ1) is 4.27. The summed E-state index contributed by atoms with van der Waals surface area (Å²) in [5.41, 5.74) is 0. The summed E-state index contributed by atoms with van der Waals surface area (Å²) in [6.45, 7) is 3.87. The van der Waals surface area contributed by atoms with Gasteiger partial charge in [0.1, 0.15) is 0 Å². The highest BCUT2D eigenvalue weighted by Crippen LogP contribution is 1.99. The SMILES string of the molecule is C/C=C/CCC[SiH](C)[O]. The van der Waals surface area contributed by atoms with Gasteiger partial charge in [-0.2, -0.15) is 0 Å². The van der Waals surface area contributed by atoms with E-state index in [9.17, 15) is 4.80 Å². The van der Waals surface area contributed by atoms with E-state index in [4.69, 9.17) is 0 Å². The number of hydrogen-bond donors (Lipinski definition) is 0. The Bertz CT molecular complexity index is 79.0. The summed E-state index contributed by atoms with van der Waals surface area (Å²) in [5, 5.41) is 0. The van der Waals surface area contributed by atoms with Crippen LogP contribution in [0.25, 0.3) is 0 Å². The van der Waals surface area contributed by atoms with Crippen LogP contribution in [-0.4, -0.2) is 9.04 Å². The fraction of sp³-hybridized carbons (Fsp3) is 0.714. The maximum atomic E-state index is 10.6. The molecule has 2 heteroatoms. The van der Waals surface area contributed by atoms with E-state index in [1.165, 1.54) is 0 Å². The minimum absolute atomic E-state index is 0.949. The Kier molecular flexibility index (Phi) is 5.99. The van der Waals surface area contributed by atoms with E-state index < -0.39 is 9.04 Å². The van der Waals surface area contributed by atoms with E-state index in [1.54, 1.807) is 0 Å². The summed E-state index contributed by atoms with van der Waals surface area (Å²) in [6, 6.07) is 0.949. The van der Waals surface area contributed by atoms with E-state index in [0.717, 1.165) is 18.9 Å². The Hall–Kier alpha value is -0.0831. The van der Waals surface area contributed by atoms with Crippen LogP contribution < -0.4 is 0 Å². The highest BCUT2D eigenvalue weighted by Gasteiger charge is 1.97. The second-order valence-corrected chi connectivity index (χ2v) is 4.51. The van der Waals surface area contributed by atoms with Gasteiger partial charge in [-0.3, -0.25) is 0 Å². The van der Waals surface area contributed by atoms with Gasteiger partial charge in [-0.25, -0.2) is 0 Å². The van der Waals surface area contributed by atoms with Gasteiger partial charge in [0, 0.05) is 0 Å². The zero-order chi connectivity index (χ0) is 7.11. The molecule has 0 spiro atoms. The molecule has 0 fully saturated rings. The second-order valence-electron chi connectivity index (χ2n) is 2.31. The van der Waals surface area contributed by atoms with Crippen molar-refractivity contribution in [2.45, 2.75) is 32.4 Å². The molecule has 0 aliphatic carbocycles. The minimum Gasteiger partial charge on any atom is -0.302 e. The van der Waals surface area contributed by atoms with Gasteiger partial charge < -0.3 is 4.80 Å². The molecular formula is C7H15OSi. The van der Waals surface area contributed by atoms with Crippen LogP contribution in [0, 0.1) is 0 Å². The molecule has 0 rings (SSSR count). The Morgan fingerprint density at radius 3 is 2.67 bits per heavy atom. The van der Waals surface area contributed by atoms with Crippen molar-refractivity contribution < 1.29 is 4.80 Å². The molecule has 0 N–H and O–H groups in total. The van der Waals surface area contributed by atoms with Crippen LogP contribution in [0.5, 0.6) is 0 Å². The van der Waals surface area contributed by atoms with Crippen LogP contribution in [0.15, 0.2) is 12.2 Å². The third-order valence-electron chi connectivity index (χ3n) is 1.22. The van der Waals surface area contributed by atoms with Crippen LogP contribution in [0.1, 0.15) is 19.8 Å². The summed E-state index contributed by atoms with van der Waals surface area (Å²) in [4.78, 5) is 10.6. The number of unbranched alkanes of at least 4 members (excludes halogenated alkanes) is 1. The highest BCUT2D eigenvalue weighted by atomic mass is 28.3. The molecular weight excluding hydrogens is 128 g/mol. The Morgan fingerprint density at radius 1 is 1.56 bits per heavy atom. The largest absolute Gasteiger partial charge is 0.302 e. The zero-order valence-electron chi connectivity index (χ0n) is 6.26. The molecule has 1 nitrogen and oxygen atoms in total. The van der Waals surface area contributed by atoms with Gasteiger partial charge in [0.2, 0.25) is 9.04 Å². The predicted octanol–water partition coefficient (Wildman–Crippen LogP) is 2.13. The van der Waals surface area contributed by atoms with Crippen molar-refractivity contribution in [2.75, 3.05) is 0 Å². The predicted molar refractivity (Wildman–Crippen MR) is 42.6 cm³/mol. The lowest BCUT2D eigenvalue weighted by molar-refractivity contribution is 0.450. The maximum Gasteiger partial charge on any atom is 0.219 e. The summed E-state index contributed by atoms with van der Waals surface area (Å²) in [5.74, 6) is 0. The lowest BCUT2D eigenvalue weighted by Gasteiger charge is -1.94. The Morgan fingerprint density at radius 2 is 2.22 bits per heavy atom.